The van der Waals surface area contributed by atoms with Gasteiger partial charge in [0.25, 0.3) is 5.78 Å². The highest BCUT2D eigenvalue weighted by molar-refractivity contribution is 6.49. The predicted molar refractivity (Wildman–Crippen MR) is 70.3 cm³/mol. The monoisotopic (exact) mass is 268 g/mol. The van der Waals surface area contributed by atoms with Crippen molar-refractivity contribution in [2.75, 3.05) is 0 Å². The number of carbonyl (C=O) groups excluding carboxylic acids is 2. The smallest absolute Gasteiger partial charge is 0.251 e. The first-order chi connectivity index (χ1) is 9.68. The van der Waals surface area contributed by atoms with E-state index in [1.54, 1.807) is 24.4 Å². The van der Waals surface area contributed by atoms with Gasteiger partial charge in [0.1, 0.15) is 17.2 Å². The molecular weight excluding hydrogens is 259 g/mol. The highest BCUT2D eigenvalue weighted by atomic mass is 19.1. The number of ketones is 2. The first-order valence-corrected chi connectivity index (χ1v) is 5.94. The molecule has 3 rings (SSSR count). The van der Waals surface area contributed by atoms with Crippen LogP contribution in [0.2, 0.25) is 0 Å². The molecule has 1 aromatic carbocycles. The maximum Gasteiger partial charge on any atom is 0.251 e. The molecule has 2 aromatic heterocycles. The van der Waals surface area contributed by atoms with E-state index in [4.69, 9.17) is 0 Å². The molecule has 0 bridgehead atoms. The molecule has 20 heavy (non-hydrogen) atoms. The Hall–Kier alpha value is -2.82. The SMILES string of the molecule is O=C(C(=O)c1cnc2ccccn12)c1ccccc1F. The van der Waals surface area contributed by atoms with E-state index in [0.29, 0.717) is 5.65 Å². The van der Waals surface area contributed by atoms with E-state index in [1.165, 1.54) is 28.8 Å². The maximum atomic E-state index is 13.6. The Morgan fingerprint density at radius 2 is 1.75 bits per heavy atom. The number of carbonyl (C=O) groups is 2. The van der Waals surface area contributed by atoms with E-state index in [2.05, 4.69) is 4.98 Å². The van der Waals surface area contributed by atoms with Crippen molar-refractivity contribution >= 4 is 17.2 Å². The summed E-state index contributed by atoms with van der Waals surface area (Å²) in [5.41, 5.74) is 0.439. The van der Waals surface area contributed by atoms with Crippen molar-refractivity contribution in [3.05, 3.63) is 71.9 Å². The van der Waals surface area contributed by atoms with Crippen LogP contribution in [0.3, 0.4) is 0 Å². The molecule has 98 valence electrons. The minimum absolute atomic E-state index is 0.119. The summed E-state index contributed by atoms with van der Waals surface area (Å²) in [5, 5.41) is 0. The second kappa shape index (κ2) is 4.70. The van der Waals surface area contributed by atoms with Gasteiger partial charge in [-0.3, -0.25) is 14.0 Å². The van der Waals surface area contributed by atoms with E-state index in [0.717, 1.165) is 6.07 Å². The van der Waals surface area contributed by atoms with Crippen LogP contribution in [0.4, 0.5) is 4.39 Å². The number of pyridine rings is 1. The molecule has 0 N–H and O–H groups in total. The van der Waals surface area contributed by atoms with Crippen LogP contribution in [0.15, 0.2) is 54.9 Å². The molecule has 0 atom stereocenters. The Labute approximate surface area is 113 Å². The average Bonchev–Trinajstić information content (AvgIpc) is 2.90. The van der Waals surface area contributed by atoms with Crippen molar-refractivity contribution in [1.29, 1.82) is 0 Å². The summed E-state index contributed by atoms with van der Waals surface area (Å²) < 4.78 is 15.1. The summed E-state index contributed by atoms with van der Waals surface area (Å²) in [7, 11) is 0. The Bertz CT molecular complexity index is 823. The van der Waals surface area contributed by atoms with Crippen molar-refractivity contribution in [3.63, 3.8) is 0 Å². The number of hydrogen-bond acceptors (Lipinski definition) is 3. The lowest BCUT2D eigenvalue weighted by molar-refractivity contribution is 0.0811. The molecule has 0 unspecified atom stereocenters. The van der Waals surface area contributed by atoms with E-state index < -0.39 is 17.4 Å². The van der Waals surface area contributed by atoms with E-state index >= 15 is 0 Å². The standard InChI is InChI=1S/C15H9FN2O2/c16-11-6-2-1-5-10(11)14(19)15(20)12-9-17-13-7-3-4-8-18(12)13/h1-9H. The summed E-state index contributed by atoms with van der Waals surface area (Å²) in [6, 6.07) is 10.6. The zero-order valence-electron chi connectivity index (χ0n) is 10.3. The molecule has 5 heteroatoms. The van der Waals surface area contributed by atoms with Gasteiger partial charge in [0.15, 0.2) is 0 Å². The topological polar surface area (TPSA) is 51.4 Å². The Morgan fingerprint density at radius 3 is 2.55 bits per heavy atom. The lowest BCUT2D eigenvalue weighted by Gasteiger charge is -2.02. The van der Waals surface area contributed by atoms with Gasteiger partial charge in [-0.25, -0.2) is 9.37 Å². The zero-order chi connectivity index (χ0) is 14.1. The zero-order valence-corrected chi connectivity index (χ0v) is 10.3. The minimum Gasteiger partial charge on any atom is -0.297 e. The van der Waals surface area contributed by atoms with Gasteiger partial charge in [0, 0.05) is 6.20 Å². The normalized spacial score (nSPS) is 10.7. The molecule has 0 aliphatic carbocycles. The molecule has 0 radical (unpaired) electrons. The third-order valence-corrected chi connectivity index (χ3v) is 2.97. The lowest BCUT2D eigenvalue weighted by atomic mass is 10.1. The van der Waals surface area contributed by atoms with Gasteiger partial charge in [0.05, 0.1) is 11.8 Å². The molecule has 4 nitrogen and oxygen atoms in total. The second-order valence-corrected chi connectivity index (χ2v) is 4.21. The molecule has 0 amide bonds. The number of halogens is 1. The molecule has 0 spiro atoms. The fraction of sp³-hybridized carbons (Fsp3) is 0. The van der Waals surface area contributed by atoms with Gasteiger partial charge in [-0.1, -0.05) is 18.2 Å². The Morgan fingerprint density at radius 1 is 1.00 bits per heavy atom. The number of imidazole rings is 1. The van der Waals surface area contributed by atoms with Crippen molar-refractivity contribution in [3.8, 4) is 0 Å². The van der Waals surface area contributed by atoms with Gasteiger partial charge in [0.2, 0.25) is 5.78 Å². The summed E-state index contributed by atoms with van der Waals surface area (Å²) in [6.45, 7) is 0. The molecular formula is C15H9FN2O2. The first kappa shape index (κ1) is 12.2. The van der Waals surface area contributed by atoms with Crippen LogP contribution in [0.25, 0.3) is 5.65 Å². The average molecular weight is 268 g/mol. The molecule has 0 fully saturated rings. The number of aromatic nitrogens is 2. The summed E-state index contributed by atoms with van der Waals surface area (Å²) >= 11 is 0. The van der Waals surface area contributed by atoms with Gasteiger partial charge in [-0.15, -0.1) is 0 Å². The third kappa shape index (κ3) is 1.89. The van der Waals surface area contributed by atoms with Crippen LogP contribution < -0.4 is 0 Å². The van der Waals surface area contributed by atoms with E-state index in [9.17, 15) is 14.0 Å². The number of nitrogens with zero attached hydrogens (tertiary/aromatic N) is 2. The van der Waals surface area contributed by atoms with E-state index in [1.807, 2.05) is 0 Å². The molecule has 0 aliphatic heterocycles. The second-order valence-electron chi connectivity index (χ2n) is 4.21. The first-order valence-electron chi connectivity index (χ1n) is 5.94. The Balaban J connectivity index is 2.05. The maximum absolute atomic E-state index is 13.6. The number of rotatable bonds is 3. The summed E-state index contributed by atoms with van der Waals surface area (Å²) in [5.74, 6) is -2.37. The third-order valence-electron chi connectivity index (χ3n) is 2.97. The van der Waals surface area contributed by atoms with Crippen molar-refractivity contribution in [2.45, 2.75) is 0 Å². The largest absolute Gasteiger partial charge is 0.297 e. The number of fused-ring (bicyclic) bond motifs is 1. The summed E-state index contributed by atoms with van der Waals surface area (Å²) in [4.78, 5) is 28.3. The van der Waals surface area contributed by atoms with Crippen molar-refractivity contribution < 1.29 is 14.0 Å². The van der Waals surface area contributed by atoms with Crippen LogP contribution in [-0.2, 0) is 0 Å². The number of hydrogen-bond donors (Lipinski definition) is 0. The molecule has 0 saturated carbocycles. The van der Waals surface area contributed by atoms with Crippen LogP contribution in [0.1, 0.15) is 20.8 Å². The highest BCUT2D eigenvalue weighted by Crippen LogP contribution is 2.13. The van der Waals surface area contributed by atoms with Gasteiger partial charge in [-0.2, -0.15) is 0 Å². The quantitative estimate of drug-likeness (QED) is 0.542. The van der Waals surface area contributed by atoms with Gasteiger partial charge >= 0.3 is 0 Å². The predicted octanol–water partition coefficient (Wildman–Crippen LogP) is 2.54. The number of benzene rings is 1. The molecule has 2 heterocycles. The molecule has 3 aromatic rings. The molecule has 0 aliphatic rings. The van der Waals surface area contributed by atoms with Crippen molar-refractivity contribution in [2.24, 2.45) is 0 Å². The minimum atomic E-state index is -0.881. The molecule has 0 saturated heterocycles. The van der Waals surface area contributed by atoms with Crippen LogP contribution in [0.5, 0.6) is 0 Å². The van der Waals surface area contributed by atoms with Crippen LogP contribution >= 0.6 is 0 Å². The highest BCUT2D eigenvalue weighted by Gasteiger charge is 2.23. The number of Topliss-reactive ketones (excluding diaryl/α,β-unsaturated/α-hetero) is 2. The fourth-order valence-corrected chi connectivity index (χ4v) is 1.98. The Kier molecular flexibility index (Phi) is 2.87. The van der Waals surface area contributed by atoms with Gasteiger partial charge < -0.3 is 0 Å². The lowest BCUT2D eigenvalue weighted by Crippen LogP contribution is -2.17. The summed E-state index contributed by atoms with van der Waals surface area (Å²) in [6.07, 6.45) is 2.95. The van der Waals surface area contributed by atoms with E-state index in [-0.39, 0.29) is 11.3 Å². The fourth-order valence-electron chi connectivity index (χ4n) is 1.98. The van der Waals surface area contributed by atoms with Crippen molar-refractivity contribution in [1.82, 2.24) is 9.38 Å². The van der Waals surface area contributed by atoms with Crippen LogP contribution in [-0.4, -0.2) is 21.0 Å². The van der Waals surface area contributed by atoms with Crippen LogP contribution in [0, 0.1) is 5.82 Å². The van der Waals surface area contributed by atoms with Gasteiger partial charge in [-0.05, 0) is 24.3 Å².